The van der Waals surface area contributed by atoms with Crippen LogP contribution in [0.1, 0.15) is 63.1 Å². The standard InChI is InChI=1S/C15H28ClN3/c1-4-5-6-7-8-9-10-13(17)11-14-12(2)18-19(3)15(14)16/h13H,4-11,17H2,1-3H3. The Morgan fingerprint density at radius 3 is 2.42 bits per heavy atom. The molecule has 0 spiro atoms. The van der Waals surface area contributed by atoms with Crippen LogP contribution in [-0.4, -0.2) is 15.8 Å². The van der Waals surface area contributed by atoms with Crippen molar-refractivity contribution in [1.82, 2.24) is 9.78 Å². The fourth-order valence-corrected chi connectivity index (χ4v) is 2.71. The molecule has 2 N–H and O–H groups in total. The van der Waals surface area contributed by atoms with Crippen LogP contribution < -0.4 is 5.73 Å². The first-order chi connectivity index (χ1) is 9.06. The van der Waals surface area contributed by atoms with Gasteiger partial charge < -0.3 is 5.73 Å². The second-order valence-corrected chi connectivity index (χ2v) is 5.86. The third-order valence-corrected chi connectivity index (χ3v) is 4.14. The van der Waals surface area contributed by atoms with Gasteiger partial charge in [0.1, 0.15) is 5.15 Å². The third-order valence-electron chi connectivity index (χ3n) is 3.66. The van der Waals surface area contributed by atoms with Crippen LogP contribution in [0.3, 0.4) is 0 Å². The maximum atomic E-state index is 6.22. The molecule has 0 saturated carbocycles. The van der Waals surface area contributed by atoms with Crippen molar-refractivity contribution in [3.05, 3.63) is 16.4 Å². The van der Waals surface area contributed by atoms with Crippen LogP contribution in [0.4, 0.5) is 0 Å². The molecule has 1 atom stereocenters. The highest BCUT2D eigenvalue weighted by Crippen LogP contribution is 2.21. The summed E-state index contributed by atoms with van der Waals surface area (Å²) in [4.78, 5) is 0. The monoisotopic (exact) mass is 285 g/mol. The number of aryl methyl sites for hydroxylation is 2. The maximum Gasteiger partial charge on any atom is 0.130 e. The Kier molecular flexibility index (Phi) is 7.47. The van der Waals surface area contributed by atoms with Gasteiger partial charge in [-0.1, -0.05) is 57.0 Å². The van der Waals surface area contributed by atoms with E-state index < -0.39 is 0 Å². The minimum atomic E-state index is 0.201. The van der Waals surface area contributed by atoms with Crippen molar-refractivity contribution in [2.75, 3.05) is 0 Å². The largest absolute Gasteiger partial charge is 0.327 e. The molecule has 0 bridgehead atoms. The predicted octanol–water partition coefficient (Wildman–Crippen LogP) is 4.00. The highest BCUT2D eigenvalue weighted by molar-refractivity contribution is 6.30. The quantitative estimate of drug-likeness (QED) is 0.697. The van der Waals surface area contributed by atoms with Gasteiger partial charge in [0.05, 0.1) is 5.69 Å². The molecular formula is C15H28ClN3. The van der Waals surface area contributed by atoms with E-state index in [1.807, 2.05) is 14.0 Å². The molecule has 19 heavy (non-hydrogen) atoms. The second kappa shape index (κ2) is 8.60. The van der Waals surface area contributed by atoms with Gasteiger partial charge in [0.15, 0.2) is 0 Å². The summed E-state index contributed by atoms with van der Waals surface area (Å²) in [7, 11) is 1.87. The summed E-state index contributed by atoms with van der Waals surface area (Å²) in [6.07, 6.45) is 9.81. The van der Waals surface area contributed by atoms with Crippen molar-refractivity contribution >= 4 is 11.6 Å². The average Bonchev–Trinajstić information content (AvgIpc) is 2.60. The van der Waals surface area contributed by atoms with Gasteiger partial charge in [0.2, 0.25) is 0 Å². The summed E-state index contributed by atoms with van der Waals surface area (Å²) in [5.74, 6) is 0. The Labute approximate surface area is 122 Å². The van der Waals surface area contributed by atoms with Crippen LogP contribution in [0.25, 0.3) is 0 Å². The smallest absolute Gasteiger partial charge is 0.130 e. The van der Waals surface area contributed by atoms with E-state index in [0.29, 0.717) is 0 Å². The van der Waals surface area contributed by atoms with Gasteiger partial charge in [0.25, 0.3) is 0 Å². The first-order valence-electron chi connectivity index (χ1n) is 7.49. The van der Waals surface area contributed by atoms with Crippen molar-refractivity contribution in [1.29, 1.82) is 0 Å². The molecule has 0 aromatic carbocycles. The van der Waals surface area contributed by atoms with E-state index in [4.69, 9.17) is 17.3 Å². The van der Waals surface area contributed by atoms with Crippen molar-refractivity contribution in [2.45, 2.75) is 71.3 Å². The highest BCUT2D eigenvalue weighted by Gasteiger charge is 2.14. The van der Waals surface area contributed by atoms with E-state index in [1.54, 1.807) is 4.68 Å². The van der Waals surface area contributed by atoms with Crippen LogP contribution in [0.5, 0.6) is 0 Å². The van der Waals surface area contributed by atoms with E-state index >= 15 is 0 Å². The van der Waals surface area contributed by atoms with E-state index in [2.05, 4.69) is 12.0 Å². The van der Waals surface area contributed by atoms with Gasteiger partial charge in [-0.15, -0.1) is 0 Å². The molecule has 0 aliphatic heterocycles. The van der Waals surface area contributed by atoms with Gasteiger partial charge in [-0.2, -0.15) is 5.10 Å². The van der Waals surface area contributed by atoms with Crippen molar-refractivity contribution < 1.29 is 0 Å². The molecule has 1 rings (SSSR count). The molecule has 4 heteroatoms. The lowest BCUT2D eigenvalue weighted by atomic mass is 10.0. The van der Waals surface area contributed by atoms with Gasteiger partial charge in [-0.3, -0.25) is 4.68 Å². The first kappa shape index (κ1) is 16.5. The Morgan fingerprint density at radius 1 is 1.21 bits per heavy atom. The number of nitrogens with two attached hydrogens (primary N) is 1. The minimum absolute atomic E-state index is 0.201. The van der Waals surface area contributed by atoms with Crippen LogP contribution in [0.15, 0.2) is 0 Å². The Morgan fingerprint density at radius 2 is 1.84 bits per heavy atom. The summed E-state index contributed by atoms with van der Waals surface area (Å²) in [6, 6.07) is 0.201. The molecule has 0 amide bonds. The molecule has 1 aromatic rings. The zero-order valence-corrected chi connectivity index (χ0v) is 13.3. The van der Waals surface area contributed by atoms with Gasteiger partial charge in [0, 0.05) is 18.7 Å². The van der Waals surface area contributed by atoms with Crippen molar-refractivity contribution in [3.8, 4) is 0 Å². The number of halogens is 1. The van der Waals surface area contributed by atoms with Gasteiger partial charge >= 0.3 is 0 Å². The molecule has 1 heterocycles. The molecule has 3 nitrogen and oxygen atoms in total. The Bertz CT molecular complexity index is 374. The number of nitrogens with zero attached hydrogens (tertiary/aromatic N) is 2. The lowest BCUT2D eigenvalue weighted by Gasteiger charge is -2.11. The number of aromatic nitrogens is 2. The summed E-state index contributed by atoms with van der Waals surface area (Å²) in [5.41, 5.74) is 8.32. The molecule has 1 unspecified atom stereocenters. The summed E-state index contributed by atoms with van der Waals surface area (Å²) in [6.45, 7) is 4.24. The van der Waals surface area contributed by atoms with E-state index in [1.165, 1.54) is 38.5 Å². The Balaban J connectivity index is 2.25. The van der Waals surface area contributed by atoms with E-state index in [9.17, 15) is 0 Å². The molecule has 110 valence electrons. The number of unbranched alkanes of at least 4 members (excludes halogenated alkanes) is 5. The van der Waals surface area contributed by atoms with Crippen molar-refractivity contribution in [2.24, 2.45) is 12.8 Å². The molecule has 0 aliphatic carbocycles. The molecule has 1 aromatic heterocycles. The summed E-state index contributed by atoms with van der Waals surface area (Å²) >= 11 is 6.22. The number of rotatable bonds is 9. The maximum absolute atomic E-state index is 6.22. The van der Waals surface area contributed by atoms with Gasteiger partial charge in [-0.25, -0.2) is 0 Å². The molecule has 0 radical (unpaired) electrons. The minimum Gasteiger partial charge on any atom is -0.327 e. The molecular weight excluding hydrogens is 258 g/mol. The zero-order chi connectivity index (χ0) is 14.3. The van der Waals surface area contributed by atoms with E-state index in [0.717, 1.165) is 29.3 Å². The predicted molar refractivity (Wildman–Crippen MR) is 82.6 cm³/mol. The van der Waals surface area contributed by atoms with Crippen LogP contribution in [-0.2, 0) is 13.5 Å². The lowest BCUT2D eigenvalue weighted by Crippen LogP contribution is -2.23. The molecule has 0 fully saturated rings. The second-order valence-electron chi connectivity index (χ2n) is 5.50. The van der Waals surface area contributed by atoms with Gasteiger partial charge in [-0.05, 0) is 19.8 Å². The highest BCUT2D eigenvalue weighted by atomic mass is 35.5. The van der Waals surface area contributed by atoms with Crippen molar-refractivity contribution in [3.63, 3.8) is 0 Å². The van der Waals surface area contributed by atoms with Crippen LogP contribution in [0, 0.1) is 6.92 Å². The van der Waals surface area contributed by atoms with Crippen LogP contribution >= 0.6 is 11.6 Å². The normalized spacial score (nSPS) is 12.9. The lowest BCUT2D eigenvalue weighted by molar-refractivity contribution is 0.532. The average molecular weight is 286 g/mol. The summed E-state index contributed by atoms with van der Waals surface area (Å²) in [5, 5.41) is 5.06. The SMILES string of the molecule is CCCCCCCCC(N)Cc1c(C)nn(C)c1Cl. The molecule has 0 aliphatic rings. The fraction of sp³-hybridized carbons (Fsp3) is 0.800. The first-order valence-corrected chi connectivity index (χ1v) is 7.87. The topological polar surface area (TPSA) is 43.8 Å². The summed E-state index contributed by atoms with van der Waals surface area (Å²) < 4.78 is 1.73. The third kappa shape index (κ3) is 5.53. The van der Waals surface area contributed by atoms with E-state index in [-0.39, 0.29) is 6.04 Å². The number of hydrogen-bond donors (Lipinski definition) is 1. The zero-order valence-electron chi connectivity index (χ0n) is 12.6. The van der Waals surface area contributed by atoms with Crippen LogP contribution in [0.2, 0.25) is 5.15 Å². The fourth-order valence-electron chi connectivity index (χ4n) is 2.46. The number of hydrogen-bond acceptors (Lipinski definition) is 2. The molecule has 0 saturated heterocycles. The Hall–Kier alpha value is -0.540.